The lowest BCUT2D eigenvalue weighted by Gasteiger charge is -2.47. The van der Waals surface area contributed by atoms with Gasteiger partial charge in [-0.15, -0.1) is 0 Å². The van der Waals surface area contributed by atoms with E-state index < -0.39 is 10.8 Å². The fourth-order valence-electron chi connectivity index (χ4n) is 5.68. The van der Waals surface area contributed by atoms with E-state index in [4.69, 9.17) is 0 Å². The van der Waals surface area contributed by atoms with Crippen LogP contribution < -0.4 is 0 Å². The maximum atomic E-state index is 13.7. The lowest BCUT2D eigenvalue weighted by atomic mass is 9.92. The Bertz CT molecular complexity index is 1440. The van der Waals surface area contributed by atoms with Crippen LogP contribution in [0.25, 0.3) is 10.8 Å². The average Bonchev–Trinajstić information content (AvgIpc) is 2.95. The van der Waals surface area contributed by atoms with Gasteiger partial charge in [-0.05, 0) is 53.6 Å². The topological polar surface area (TPSA) is 91.4 Å². The van der Waals surface area contributed by atoms with Crippen molar-refractivity contribution in [2.75, 3.05) is 57.8 Å². The summed E-state index contributed by atoms with van der Waals surface area (Å²) in [7, 11) is 1.17. The highest BCUT2D eigenvalue weighted by atomic mass is 32.2. The van der Waals surface area contributed by atoms with Gasteiger partial charge in [-0.1, -0.05) is 36.4 Å². The Balaban J connectivity index is 1.28. The lowest BCUT2D eigenvalue weighted by Crippen LogP contribution is -2.61. The van der Waals surface area contributed by atoms with Crippen LogP contribution in [0.15, 0.2) is 60.7 Å². The molecule has 0 unspecified atom stereocenters. The van der Waals surface area contributed by atoms with Gasteiger partial charge in [0.15, 0.2) is 0 Å². The van der Waals surface area contributed by atoms with Crippen molar-refractivity contribution in [3.8, 4) is 12.1 Å². The number of fused-ring (bicyclic) bond motifs is 1. The van der Waals surface area contributed by atoms with Gasteiger partial charge >= 0.3 is 0 Å². The molecule has 0 aromatic heterocycles. The molecule has 2 aliphatic heterocycles. The predicted molar refractivity (Wildman–Crippen MR) is 154 cm³/mol. The van der Waals surface area contributed by atoms with Crippen molar-refractivity contribution in [3.63, 3.8) is 0 Å². The molecule has 0 radical (unpaired) electrons. The van der Waals surface area contributed by atoms with E-state index in [-0.39, 0.29) is 11.8 Å². The maximum Gasteiger partial charge on any atom is 0.254 e. The molecule has 7 nitrogen and oxygen atoms in total. The van der Waals surface area contributed by atoms with Crippen LogP contribution in [0.3, 0.4) is 0 Å². The zero-order valence-corrected chi connectivity index (χ0v) is 23.1. The van der Waals surface area contributed by atoms with Crippen LogP contribution in [0.4, 0.5) is 0 Å². The molecule has 0 spiro atoms. The summed E-state index contributed by atoms with van der Waals surface area (Å²) in [5.74, 6) is 1.57. The second kappa shape index (κ2) is 12.1. The molecule has 8 heteroatoms. The summed E-state index contributed by atoms with van der Waals surface area (Å²) >= 11 is 0. The fraction of sp³-hybridized carbons (Fsp3) is 0.387. The highest BCUT2D eigenvalue weighted by Crippen LogP contribution is 2.27. The van der Waals surface area contributed by atoms with Crippen LogP contribution in [-0.4, -0.2) is 88.7 Å². The van der Waals surface area contributed by atoms with Crippen LogP contribution >= 0.6 is 0 Å². The minimum absolute atomic E-state index is 0.103. The van der Waals surface area contributed by atoms with Crippen molar-refractivity contribution >= 4 is 27.5 Å². The molecule has 3 aromatic rings. The van der Waals surface area contributed by atoms with E-state index in [1.165, 1.54) is 0 Å². The number of likely N-dealkylation sites (N-methyl/N-ethyl adjacent to an activating group) is 1. The number of hydrogen-bond donors (Lipinski definition) is 0. The molecule has 2 aliphatic rings. The van der Waals surface area contributed by atoms with Crippen molar-refractivity contribution in [2.45, 2.75) is 18.4 Å². The highest BCUT2D eigenvalue weighted by Gasteiger charge is 2.33. The molecule has 0 saturated carbocycles. The summed E-state index contributed by atoms with van der Waals surface area (Å²) in [5.41, 5.74) is 2.75. The molecule has 3 aromatic carbocycles. The van der Waals surface area contributed by atoms with Crippen molar-refractivity contribution in [1.29, 1.82) is 10.5 Å². The minimum Gasteiger partial charge on any atom is -0.341 e. The molecule has 1 atom stereocenters. The van der Waals surface area contributed by atoms with Gasteiger partial charge in [-0.2, -0.15) is 10.5 Å². The van der Waals surface area contributed by atoms with E-state index in [1.807, 2.05) is 61.6 Å². The van der Waals surface area contributed by atoms with Crippen LogP contribution in [0.5, 0.6) is 0 Å². The van der Waals surface area contributed by atoms with Crippen LogP contribution in [-0.2, 0) is 10.8 Å². The first-order valence-electron chi connectivity index (χ1n) is 13.4. The molecular formula is C31H33N5O2S. The Hall–Kier alpha value is -3.56. The second-order valence-electron chi connectivity index (χ2n) is 10.6. The van der Waals surface area contributed by atoms with Gasteiger partial charge in [0.05, 0.1) is 23.3 Å². The molecule has 0 N–H and O–H groups in total. The van der Waals surface area contributed by atoms with Crippen LogP contribution in [0.1, 0.15) is 39.4 Å². The number of likely N-dealkylation sites (tertiary alicyclic amines) is 1. The number of hydrogen-bond acceptors (Lipinski definition) is 6. The van der Waals surface area contributed by atoms with Gasteiger partial charge in [-0.25, -0.2) is 0 Å². The minimum atomic E-state index is -0.655. The zero-order chi connectivity index (χ0) is 27.4. The summed E-state index contributed by atoms with van der Waals surface area (Å²) in [6.07, 6.45) is 0.888. The Morgan fingerprint density at radius 2 is 1.72 bits per heavy atom. The Morgan fingerprint density at radius 1 is 1.03 bits per heavy atom. The molecule has 2 heterocycles. The molecule has 39 heavy (non-hydrogen) atoms. The number of benzene rings is 3. The number of rotatable bonds is 8. The lowest BCUT2D eigenvalue weighted by molar-refractivity contribution is 0.0367. The van der Waals surface area contributed by atoms with Gasteiger partial charge in [0.25, 0.3) is 5.91 Å². The van der Waals surface area contributed by atoms with Crippen molar-refractivity contribution < 1.29 is 9.00 Å². The SMILES string of the molecule is CN(C[C@@H](CCN1CC(N2CCS(=O)CC2)C1)c1ccc(C#N)cc1)C(=O)c1cc(C#N)cc2ccccc12. The fourth-order valence-corrected chi connectivity index (χ4v) is 6.76. The van der Waals surface area contributed by atoms with Gasteiger partial charge in [0.2, 0.25) is 0 Å². The average molecular weight is 540 g/mol. The number of nitriles is 2. The van der Waals surface area contributed by atoms with Crippen molar-refractivity contribution in [3.05, 3.63) is 82.9 Å². The molecular weight excluding hydrogens is 506 g/mol. The number of carbonyl (C=O) groups is 1. The van der Waals surface area contributed by atoms with Gasteiger partial charge in [0.1, 0.15) is 0 Å². The van der Waals surface area contributed by atoms with Gasteiger partial charge in [0, 0.05) is 79.6 Å². The van der Waals surface area contributed by atoms with E-state index in [0.717, 1.165) is 67.0 Å². The zero-order valence-electron chi connectivity index (χ0n) is 22.3. The van der Waals surface area contributed by atoms with E-state index in [2.05, 4.69) is 21.9 Å². The Kier molecular flexibility index (Phi) is 8.38. The second-order valence-corrected chi connectivity index (χ2v) is 12.3. The highest BCUT2D eigenvalue weighted by molar-refractivity contribution is 7.85. The van der Waals surface area contributed by atoms with Gasteiger partial charge in [-0.3, -0.25) is 13.9 Å². The first-order chi connectivity index (χ1) is 18.9. The third-order valence-corrected chi connectivity index (χ3v) is 9.31. The third kappa shape index (κ3) is 6.20. The standard InChI is InChI=1S/C31H33N5O2S/c1-34(31(37)30-17-24(19-33)16-26-4-2-3-5-29(26)30)20-27(25-8-6-23(18-32)7-9-25)10-11-35-21-28(22-35)36-12-14-39(38)15-13-36/h2-9,16-17,27-28H,10-15,20-22H2,1H3/t27-/m1/s1. The third-order valence-electron chi connectivity index (χ3n) is 8.03. The number of amides is 1. The molecule has 0 aliphatic carbocycles. The largest absolute Gasteiger partial charge is 0.341 e. The molecule has 2 saturated heterocycles. The first kappa shape index (κ1) is 27.0. The Labute approximate surface area is 232 Å². The smallest absolute Gasteiger partial charge is 0.254 e. The van der Waals surface area contributed by atoms with E-state index in [1.54, 1.807) is 11.0 Å². The van der Waals surface area contributed by atoms with Crippen LogP contribution in [0.2, 0.25) is 0 Å². The number of nitrogens with zero attached hydrogens (tertiary/aromatic N) is 5. The molecule has 1 amide bonds. The van der Waals surface area contributed by atoms with Crippen LogP contribution in [0, 0.1) is 22.7 Å². The van der Waals surface area contributed by atoms with E-state index in [9.17, 15) is 19.5 Å². The van der Waals surface area contributed by atoms with Crippen molar-refractivity contribution in [1.82, 2.24) is 14.7 Å². The van der Waals surface area contributed by atoms with E-state index in [0.29, 0.717) is 29.3 Å². The van der Waals surface area contributed by atoms with Crippen molar-refractivity contribution in [2.24, 2.45) is 0 Å². The summed E-state index contributed by atoms with van der Waals surface area (Å²) in [6.45, 7) is 5.35. The predicted octanol–water partition coefficient (Wildman–Crippen LogP) is 3.58. The molecule has 200 valence electrons. The first-order valence-corrected chi connectivity index (χ1v) is 14.9. The Morgan fingerprint density at radius 3 is 2.41 bits per heavy atom. The van der Waals surface area contributed by atoms with Gasteiger partial charge < -0.3 is 9.80 Å². The molecule has 2 fully saturated rings. The summed E-state index contributed by atoms with van der Waals surface area (Å²) in [4.78, 5) is 20.4. The summed E-state index contributed by atoms with van der Waals surface area (Å²) < 4.78 is 11.7. The summed E-state index contributed by atoms with van der Waals surface area (Å²) in [6, 6.07) is 23.8. The summed E-state index contributed by atoms with van der Waals surface area (Å²) in [5, 5.41) is 20.5. The number of carbonyl (C=O) groups excluding carboxylic acids is 1. The van der Waals surface area contributed by atoms with E-state index >= 15 is 0 Å². The normalized spacial score (nSPS) is 17.7. The quantitative estimate of drug-likeness (QED) is 0.435. The maximum absolute atomic E-state index is 13.7. The molecule has 5 rings (SSSR count). The monoisotopic (exact) mass is 539 g/mol. The molecule has 0 bridgehead atoms.